The summed E-state index contributed by atoms with van der Waals surface area (Å²) in [6.45, 7) is 0.0392. The molecule has 0 radical (unpaired) electrons. The molecule has 0 unspecified atom stereocenters. The average molecular weight is 225 g/mol. The molecule has 82 valence electrons. The van der Waals surface area contributed by atoms with Crippen LogP contribution in [0.2, 0.25) is 0 Å². The zero-order valence-electron chi connectivity index (χ0n) is 8.82. The molecule has 0 saturated heterocycles. The number of benzene rings is 1. The molecule has 15 heavy (non-hydrogen) atoms. The lowest BCUT2D eigenvalue weighted by Gasteiger charge is -2.01. The maximum absolute atomic E-state index is 8.61. The first kappa shape index (κ1) is 12.3. The lowest BCUT2D eigenvalue weighted by atomic mass is 10.1. The van der Waals surface area contributed by atoms with E-state index in [0.717, 1.165) is 30.7 Å². The van der Waals surface area contributed by atoms with Gasteiger partial charge in [0, 0.05) is 5.03 Å². The molecule has 0 saturated carbocycles. The predicted molar refractivity (Wildman–Crippen MR) is 65.0 cm³/mol. The van der Waals surface area contributed by atoms with Crippen LogP contribution in [0.1, 0.15) is 24.8 Å². The summed E-state index contributed by atoms with van der Waals surface area (Å²) in [6.07, 6.45) is 5.84. The number of allylic oxidation sites excluding steroid dienone is 1. The Labute approximate surface area is 96.4 Å². The van der Waals surface area contributed by atoms with Crippen molar-refractivity contribution in [3.63, 3.8) is 0 Å². The number of aliphatic hydroxyl groups is 1. The Morgan fingerprint density at radius 2 is 1.93 bits per heavy atom. The highest BCUT2D eigenvalue weighted by Gasteiger charge is 1.94. The number of halogens is 1. The van der Waals surface area contributed by atoms with Gasteiger partial charge in [-0.2, -0.15) is 0 Å². The molecule has 0 aliphatic heterocycles. The third-order valence-electron chi connectivity index (χ3n) is 2.29. The van der Waals surface area contributed by atoms with Gasteiger partial charge in [0.25, 0.3) is 0 Å². The summed E-state index contributed by atoms with van der Waals surface area (Å²) in [7, 11) is 0. The van der Waals surface area contributed by atoms with Crippen LogP contribution in [0.25, 0.3) is 0 Å². The molecule has 0 amide bonds. The molecule has 0 aliphatic rings. The summed E-state index contributed by atoms with van der Waals surface area (Å²) in [6, 6.07) is 10.4. The van der Waals surface area contributed by atoms with Gasteiger partial charge in [0.1, 0.15) is 0 Å². The molecule has 0 spiro atoms. The Morgan fingerprint density at radius 1 is 1.20 bits per heavy atom. The fraction of sp³-hybridized carbons (Fsp3) is 0.385. The zero-order valence-corrected chi connectivity index (χ0v) is 9.58. The van der Waals surface area contributed by atoms with E-state index in [2.05, 4.69) is 24.3 Å². The van der Waals surface area contributed by atoms with E-state index in [1.54, 1.807) is 6.08 Å². The van der Waals surface area contributed by atoms with Crippen molar-refractivity contribution in [1.82, 2.24) is 0 Å². The van der Waals surface area contributed by atoms with Gasteiger partial charge in [-0.3, -0.25) is 0 Å². The standard InChI is InChI=1S/C13H17ClO/c14-13(10-11-15)9-5-4-8-12-6-2-1-3-7-12/h1-3,6-7,10,15H,4-5,8-9,11H2/b13-10-. The molecular weight excluding hydrogens is 208 g/mol. The predicted octanol–water partition coefficient (Wildman–Crippen LogP) is 3.51. The average Bonchev–Trinajstić information content (AvgIpc) is 2.26. The second-order valence-corrected chi connectivity index (χ2v) is 4.01. The molecule has 0 heterocycles. The van der Waals surface area contributed by atoms with Gasteiger partial charge in [-0.1, -0.05) is 41.9 Å². The summed E-state index contributed by atoms with van der Waals surface area (Å²) >= 11 is 5.86. The SMILES string of the molecule is OC/C=C(\Cl)CCCCc1ccccc1. The van der Waals surface area contributed by atoms with Crippen molar-refractivity contribution >= 4 is 11.6 Å². The molecule has 1 rings (SSSR count). The van der Waals surface area contributed by atoms with Crippen molar-refractivity contribution < 1.29 is 5.11 Å². The fourth-order valence-electron chi connectivity index (χ4n) is 1.47. The molecular formula is C13H17ClO. The number of unbranched alkanes of at least 4 members (excludes halogenated alkanes) is 1. The van der Waals surface area contributed by atoms with Gasteiger partial charge in [0.15, 0.2) is 0 Å². The number of hydrogen-bond donors (Lipinski definition) is 1. The highest BCUT2D eigenvalue weighted by Crippen LogP contribution is 2.13. The van der Waals surface area contributed by atoms with Gasteiger partial charge >= 0.3 is 0 Å². The van der Waals surface area contributed by atoms with E-state index in [1.807, 2.05) is 6.07 Å². The van der Waals surface area contributed by atoms with Crippen molar-refractivity contribution in [1.29, 1.82) is 0 Å². The number of rotatable bonds is 6. The van der Waals surface area contributed by atoms with Crippen LogP contribution in [0.5, 0.6) is 0 Å². The lowest BCUT2D eigenvalue weighted by molar-refractivity contribution is 0.342. The monoisotopic (exact) mass is 224 g/mol. The smallest absolute Gasteiger partial charge is 0.0626 e. The van der Waals surface area contributed by atoms with Gasteiger partial charge in [0.05, 0.1) is 6.61 Å². The molecule has 1 N–H and O–H groups in total. The Morgan fingerprint density at radius 3 is 2.60 bits per heavy atom. The maximum Gasteiger partial charge on any atom is 0.0626 e. The van der Waals surface area contributed by atoms with E-state index in [0.29, 0.717) is 0 Å². The molecule has 0 atom stereocenters. The molecule has 1 nitrogen and oxygen atoms in total. The minimum atomic E-state index is 0.0392. The Kier molecular flexibility index (Phi) is 6.14. The Balaban J connectivity index is 2.15. The van der Waals surface area contributed by atoms with Gasteiger partial charge in [-0.05, 0) is 37.3 Å². The first-order valence-corrected chi connectivity index (χ1v) is 5.70. The molecule has 0 aliphatic carbocycles. The minimum Gasteiger partial charge on any atom is -0.392 e. The molecule has 0 bridgehead atoms. The van der Waals surface area contributed by atoms with E-state index in [1.165, 1.54) is 5.56 Å². The lowest BCUT2D eigenvalue weighted by Crippen LogP contribution is -1.86. The van der Waals surface area contributed by atoms with Crippen molar-refractivity contribution in [2.24, 2.45) is 0 Å². The molecule has 1 aromatic carbocycles. The van der Waals surface area contributed by atoms with Crippen LogP contribution in [0.4, 0.5) is 0 Å². The summed E-state index contributed by atoms with van der Waals surface area (Å²) in [4.78, 5) is 0. The highest BCUT2D eigenvalue weighted by atomic mass is 35.5. The largest absolute Gasteiger partial charge is 0.392 e. The van der Waals surface area contributed by atoms with Gasteiger partial charge in [-0.15, -0.1) is 0 Å². The maximum atomic E-state index is 8.61. The number of aryl methyl sites for hydroxylation is 1. The topological polar surface area (TPSA) is 20.2 Å². The molecule has 2 heteroatoms. The summed E-state index contributed by atoms with van der Waals surface area (Å²) < 4.78 is 0. The van der Waals surface area contributed by atoms with Crippen LogP contribution in [0.15, 0.2) is 41.4 Å². The molecule has 1 aromatic rings. The van der Waals surface area contributed by atoms with Gasteiger partial charge in [0.2, 0.25) is 0 Å². The van der Waals surface area contributed by atoms with Crippen LogP contribution < -0.4 is 0 Å². The zero-order chi connectivity index (χ0) is 10.9. The first-order valence-electron chi connectivity index (χ1n) is 5.32. The summed E-state index contributed by atoms with van der Waals surface area (Å²) in [5.74, 6) is 0. The quantitative estimate of drug-likeness (QED) is 0.734. The highest BCUT2D eigenvalue weighted by molar-refractivity contribution is 6.29. The number of hydrogen-bond acceptors (Lipinski definition) is 1. The minimum absolute atomic E-state index is 0.0392. The number of aliphatic hydroxyl groups excluding tert-OH is 1. The van der Waals surface area contributed by atoms with Crippen LogP contribution in [-0.4, -0.2) is 11.7 Å². The summed E-state index contributed by atoms with van der Waals surface area (Å²) in [5.41, 5.74) is 1.37. The van der Waals surface area contributed by atoms with E-state index >= 15 is 0 Å². The van der Waals surface area contributed by atoms with E-state index in [9.17, 15) is 0 Å². The Hall–Kier alpha value is -0.790. The van der Waals surface area contributed by atoms with Crippen LogP contribution in [-0.2, 0) is 6.42 Å². The molecule has 0 aromatic heterocycles. The van der Waals surface area contributed by atoms with Crippen LogP contribution in [0.3, 0.4) is 0 Å². The fourth-order valence-corrected chi connectivity index (χ4v) is 1.67. The van der Waals surface area contributed by atoms with Crippen molar-refractivity contribution in [2.45, 2.75) is 25.7 Å². The van der Waals surface area contributed by atoms with Crippen molar-refractivity contribution in [3.8, 4) is 0 Å². The van der Waals surface area contributed by atoms with Crippen molar-refractivity contribution in [2.75, 3.05) is 6.61 Å². The first-order chi connectivity index (χ1) is 7.33. The third-order valence-corrected chi connectivity index (χ3v) is 2.63. The van der Waals surface area contributed by atoms with E-state index in [-0.39, 0.29) is 6.61 Å². The molecule has 0 fully saturated rings. The van der Waals surface area contributed by atoms with Crippen LogP contribution >= 0.6 is 11.6 Å². The Bertz CT molecular complexity index is 293. The second kappa shape index (κ2) is 7.49. The normalized spacial score (nSPS) is 11.7. The second-order valence-electron chi connectivity index (χ2n) is 3.53. The van der Waals surface area contributed by atoms with Crippen LogP contribution in [0, 0.1) is 0 Å². The van der Waals surface area contributed by atoms with E-state index in [4.69, 9.17) is 16.7 Å². The van der Waals surface area contributed by atoms with E-state index < -0.39 is 0 Å². The summed E-state index contributed by atoms with van der Waals surface area (Å²) in [5, 5.41) is 9.38. The van der Waals surface area contributed by atoms with Gasteiger partial charge in [-0.25, -0.2) is 0 Å². The third kappa shape index (κ3) is 5.60. The van der Waals surface area contributed by atoms with Crippen molar-refractivity contribution in [3.05, 3.63) is 47.0 Å². The van der Waals surface area contributed by atoms with Gasteiger partial charge < -0.3 is 5.11 Å².